The van der Waals surface area contributed by atoms with Gasteiger partial charge in [0.05, 0.1) is 18.8 Å². The van der Waals surface area contributed by atoms with Gasteiger partial charge in [0.15, 0.2) is 0 Å². The van der Waals surface area contributed by atoms with Crippen LogP contribution < -0.4 is 5.73 Å². The van der Waals surface area contributed by atoms with Crippen LogP contribution in [0.5, 0.6) is 0 Å². The number of morpholine rings is 1. The Kier molecular flexibility index (Phi) is 3.78. The molecule has 100 valence electrons. The zero-order chi connectivity index (χ0) is 12.5. The highest BCUT2D eigenvalue weighted by molar-refractivity contribution is 4.95. The van der Waals surface area contributed by atoms with Gasteiger partial charge in [-0.25, -0.2) is 0 Å². The van der Waals surface area contributed by atoms with Crippen LogP contribution in [0.15, 0.2) is 0 Å². The Bertz CT molecular complexity index is 270. The van der Waals surface area contributed by atoms with Crippen LogP contribution in [0.4, 0.5) is 0 Å². The Morgan fingerprint density at radius 2 is 2.24 bits per heavy atom. The molecule has 2 rings (SSSR count). The molecule has 0 aromatic rings. The highest BCUT2D eigenvalue weighted by Crippen LogP contribution is 2.31. The second-order valence-corrected chi connectivity index (χ2v) is 6.35. The fourth-order valence-electron chi connectivity index (χ4n) is 3.18. The van der Waals surface area contributed by atoms with Gasteiger partial charge in [0, 0.05) is 24.7 Å². The predicted octanol–water partition coefficient (Wildman–Crippen LogP) is 0.730. The summed E-state index contributed by atoms with van der Waals surface area (Å²) in [5.74, 6) is 0. The molecule has 1 aliphatic heterocycles. The molecule has 1 saturated heterocycles. The Labute approximate surface area is 104 Å². The van der Waals surface area contributed by atoms with E-state index < -0.39 is 0 Å². The summed E-state index contributed by atoms with van der Waals surface area (Å²) in [4.78, 5) is 2.50. The number of aliphatic hydroxyl groups excluding tert-OH is 1. The number of ether oxygens (including phenoxy) is 1. The zero-order valence-corrected chi connectivity index (χ0v) is 11.1. The molecule has 0 aromatic heterocycles. The molecule has 1 saturated carbocycles. The lowest BCUT2D eigenvalue weighted by Crippen LogP contribution is -2.57. The van der Waals surface area contributed by atoms with E-state index in [-0.39, 0.29) is 17.7 Å². The van der Waals surface area contributed by atoms with Crippen molar-refractivity contribution in [3.8, 4) is 0 Å². The third kappa shape index (κ3) is 3.19. The number of rotatable bonds is 2. The van der Waals surface area contributed by atoms with Gasteiger partial charge in [-0.3, -0.25) is 4.90 Å². The Hall–Kier alpha value is -0.160. The Morgan fingerprint density at radius 1 is 1.47 bits per heavy atom. The van der Waals surface area contributed by atoms with E-state index in [2.05, 4.69) is 18.7 Å². The summed E-state index contributed by atoms with van der Waals surface area (Å²) in [6.07, 6.45) is 4.20. The molecule has 1 heterocycles. The SMILES string of the molecule is CC1(C)CN(C2CCCC(N)(CO)C2)CCO1. The van der Waals surface area contributed by atoms with Gasteiger partial charge < -0.3 is 15.6 Å². The molecule has 0 radical (unpaired) electrons. The van der Waals surface area contributed by atoms with Gasteiger partial charge in [-0.2, -0.15) is 0 Å². The monoisotopic (exact) mass is 242 g/mol. The van der Waals surface area contributed by atoms with Crippen LogP contribution in [0.1, 0.15) is 39.5 Å². The first kappa shape index (κ1) is 13.3. The lowest BCUT2D eigenvalue weighted by Gasteiger charge is -2.46. The maximum Gasteiger partial charge on any atom is 0.0753 e. The minimum absolute atomic E-state index is 0.0494. The van der Waals surface area contributed by atoms with E-state index in [4.69, 9.17) is 10.5 Å². The van der Waals surface area contributed by atoms with Crippen molar-refractivity contribution in [2.24, 2.45) is 5.73 Å². The first-order valence-corrected chi connectivity index (χ1v) is 6.72. The Morgan fingerprint density at radius 3 is 2.88 bits per heavy atom. The summed E-state index contributed by atoms with van der Waals surface area (Å²) in [5, 5.41) is 9.40. The number of nitrogens with zero attached hydrogens (tertiary/aromatic N) is 1. The average molecular weight is 242 g/mol. The van der Waals surface area contributed by atoms with Crippen LogP contribution in [-0.2, 0) is 4.74 Å². The van der Waals surface area contributed by atoms with Gasteiger partial charge >= 0.3 is 0 Å². The van der Waals surface area contributed by atoms with Crippen molar-refractivity contribution < 1.29 is 9.84 Å². The van der Waals surface area contributed by atoms with Crippen LogP contribution in [0.2, 0.25) is 0 Å². The summed E-state index contributed by atoms with van der Waals surface area (Å²) in [6.45, 7) is 7.17. The lowest BCUT2D eigenvalue weighted by molar-refractivity contribution is -0.104. The molecule has 2 atom stereocenters. The quantitative estimate of drug-likeness (QED) is 0.749. The molecular weight excluding hydrogens is 216 g/mol. The van der Waals surface area contributed by atoms with E-state index in [0.29, 0.717) is 6.04 Å². The van der Waals surface area contributed by atoms with E-state index in [0.717, 1.165) is 39.0 Å². The van der Waals surface area contributed by atoms with E-state index in [9.17, 15) is 5.11 Å². The van der Waals surface area contributed by atoms with E-state index in [1.807, 2.05) is 0 Å². The number of hydrogen-bond donors (Lipinski definition) is 2. The Balaban J connectivity index is 1.97. The highest BCUT2D eigenvalue weighted by Gasteiger charge is 2.38. The van der Waals surface area contributed by atoms with Crippen LogP contribution in [0.25, 0.3) is 0 Å². The summed E-state index contributed by atoms with van der Waals surface area (Å²) in [5.41, 5.74) is 5.81. The van der Waals surface area contributed by atoms with E-state index in [1.54, 1.807) is 0 Å². The smallest absolute Gasteiger partial charge is 0.0753 e. The van der Waals surface area contributed by atoms with Crippen molar-refractivity contribution in [2.75, 3.05) is 26.3 Å². The van der Waals surface area contributed by atoms with Crippen LogP contribution >= 0.6 is 0 Å². The first-order valence-electron chi connectivity index (χ1n) is 6.72. The van der Waals surface area contributed by atoms with Gasteiger partial charge in [0.2, 0.25) is 0 Å². The van der Waals surface area contributed by atoms with Gasteiger partial charge in [-0.1, -0.05) is 0 Å². The molecule has 17 heavy (non-hydrogen) atoms. The van der Waals surface area contributed by atoms with Crippen molar-refractivity contribution in [1.82, 2.24) is 4.90 Å². The van der Waals surface area contributed by atoms with Gasteiger partial charge in [0.25, 0.3) is 0 Å². The number of hydrogen-bond acceptors (Lipinski definition) is 4. The second-order valence-electron chi connectivity index (χ2n) is 6.35. The third-order valence-electron chi connectivity index (χ3n) is 4.14. The summed E-state index contributed by atoms with van der Waals surface area (Å²) >= 11 is 0. The largest absolute Gasteiger partial charge is 0.394 e. The fourth-order valence-corrected chi connectivity index (χ4v) is 3.18. The van der Waals surface area contributed by atoms with Crippen molar-refractivity contribution in [3.05, 3.63) is 0 Å². The summed E-state index contributed by atoms with van der Waals surface area (Å²) in [6, 6.07) is 0.518. The molecule has 0 amide bonds. The predicted molar refractivity (Wildman–Crippen MR) is 67.9 cm³/mol. The van der Waals surface area contributed by atoms with Crippen molar-refractivity contribution in [3.63, 3.8) is 0 Å². The van der Waals surface area contributed by atoms with Crippen LogP contribution in [0, 0.1) is 0 Å². The van der Waals surface area contributed by atoms with Crippen molar-refractivity contribution >= 4 is 0 Å². The number of nitrogens with two attached hydrogens (primary N) is 1. The summed E-state index contributed by atoms with van der Waals surface area (Å²) in [7, 11) is 0. The molecule has 1 aliphatic carbocycles. The van der Waals surface area contributed by atoms with Crippen LogP contribution in [-0.4, -0.2) is 53.5 Å². The molecule has 0 spiro atoms. The third-order valence-corrected chi connectivity index (χ3v) is 4.14. The fraction of sp³-hybridized carbons (Fsp3) is 1.00. The standard InChI is InChI=1S/C13H26N2O2/c1-12(2)9-15(6-7-17-12)11-4-3-5-13(14,8-11)10-16/h11,16H,3-10,14H2,1-2H3. The zero-order valence-electron chi connectivity index (χ0n) is 11.1. The number of aliphatic hydroxyl groups is 1. The maximum absolute atomic E-state index is 9.40. The molecule has 2 fully saturated rings. The molecule has 4 nitrogen and oxygen atoms in total. The minimum Gasteiger partial charge on any atom is -0.394 e. The van der Waals surface area contributed by atoms with E-state index >= 15 is 0 Å². The molecule has 4 heteroatoms. The molecule has 0 bridgehead atoms. The van der Waals surface area contributed by atoms with Gasteiger partial charge in [0.1, 0.15) is 0 Å². The van der Waals surface area contributed by atoms with Crippen LogP contribution in [0.3, 0.4) is 0 Å². The van der Waals surface area contributed by atoms with Crippen molar-refractivity contribution in [1.29, 1.82) is 0 Å². The van der Waals surface area contributed by atoms with Gasteiger partial charge in [-0.15, -0.1) is 0 Å². The normalized spacial score (nSPS) is 39.2. The van der Waals surface area contributed by atoms with E-state index in [1.165, 1.54) is 6.42 Å². The van der Waals surface area contributed by atoms with Gasteiger partial charge in [-0.05, 0) is 39.5 Å². The average Bonchev–Trinajstić information content (AvgIpc) is 2.28. The van der Waals surface area contributed by atoms with Crippen molar-refractivity contribution in [2.45, 2.75) is 56.7 Å². The topological polar surface area (TPSA) is 58.7 Å². The molecule has 2 unspecified atom stereocenters. The first-order chi connectivity index (χ1) is 7.94. The molecule has 3 N–H and O–H groups in total. The summed E-state index contributed by atoms with van der Waals surface area (Å²) < 4.78 is 5.74. The highest BCUT2D eigenvalue weighted by atomic mass is 16.5. The second kappa shape index (κ2) is 4.84. The lowest BCUT2D eigenvalue weighted by atomic mass is 9.79. The molecule has 0 aromatic carbocycles. The molecule has 2 aliphatic rings. The minimum atomic E-state index is -0.356. The maximum atomic E-state index is 9.40. The molecular formula is C13H26N2O2.